The number of hydrogen-bond acceptors (Lipinski definition) is 6. The Hall–Kier alpha value is -1.31. The zero-order valence-electron chi connectivity index (χ0n) is 11.9. The highest BCUT2D eigenvalue weighted by molar-refractivity contribution is 8.01. The molecule has 0 saturated carbocycles. The number of rotatable bonds is 3. The second-order valence-electron chi connectivity index (χ2n) is 5.11. The van der Waals surface area contributed by atoms with Crippen molar-refractivity contribution < 1.29 is 0 Å². The number of aromatic nitrogens is 3. The average molecular weight is 347 g/mol. The summed E-state index contributed by atoms with van der Waals surface area (Å²) in [5.74, 6) is 1.92. The standard InChI is InChI=1S/C15H13N3OS3/c1-9-6-13(19)17-14-18(9)10(7-20-14)8-21-15-16-11-4-2-3-5-12(11)22-15/h2-6,10H,7-8H2,1H3. The molecule has 0 N–H and O–H groups in total. The van der Waals surface area contributed by atoms with E-state index in [1.54, 1.807) is 40.9 Å². The molecule has 2 aromatic heterocycles. The molecule has 1 aromatic carbocycles. The summed E-state index contributed by atoms with van der Waals surface area (Å²) in [6, 6.07) is 10.2. The number of nitrogens with zero attached hydrogens (tertiary/aromatic N) is 3. The molecule has 4 nitrogen and oxygen atoms in total. The monoisotopic (exact) mass is 347 g/mol. The summed E-state index contributed by atoms with van der Waals surface area (Å²) in [5, 5.41) is 0.847. The normalized spacial score (nSPS) is 17.0. The van der Waals surface area contributed by atoms with Crippen molar-refractivity contribution in [3.63, 3.8) is 0 Å². The van der Waals surface area contributed by atoms with Crippen LogP contribution in [0.3, 0.4) is 0 Å². The largest absolute Gasteiger partial charge is 0.320 e. The zero-order chi connectivity index (χ0) is 15.1. The minimum absolute atomic E-state index is 0.143. The maximum absolute atomic E-state index is 11.5. The van der Waals surface area contributed by atoms with Gasteiger partial charge in [-0.2, -0.15) is 4.98 Å². The molecule has 22 heavy (non-hydrogen) atoms. The lowest BCUT2D eigenvalue weighted by Gasteiger charge is -2.15. The summed E-state index contributed by atoms with van der Waals surface area (Å²) in [6.07, 6.45) is 0. The van der Waals surface area contributed by atoms with Gasteiger partial charge in [-0.15, -0.1) is 11.3 Å². The van der Waals surface area contributed by atoms with Crippen LogP contribution in [0.4, 0.5) is 0 Å². The van der Waals surface area contributed by atoms with Crippen molar-refractivity contribution >= 4 is 45.1 Å². The molecule has 0 fully saturated rings. The second-order valence-corrected chi connectivity index (χ2v) is 8.40. The Labute approximate surface area is 140 Å². The van der Waals surface area contributed by atoms with Crippen LogP contribution in [0, 0.1) is 6.92 Å². The Bertz CT molecular complexity index is 869. The predicted molar refractivity (Wildman–Crippen MR) is 93.3 cm³/mol. The molecule has 0 bridgehead atoms. The van der Waals surface area contributed by atoms with Crippen LogP contribution in [0.15, 0.2) is 44.6 Å². The lowest BCUT2D eigenvalue weighted by Crippen LogP contribution is -2.18. The van der Waals surface area contributed by atoms with Gasteiger partial charge in [0.1, 0.15) is 0 Å². The fourth-order valence-corrected chi connectivity index (χ4v) is 6.09. The van der Waals surface area contributed by atoms with E-state index in [4.69, 9.17) is 0 Å². The first-order valence-electron chi connectivity index (χ1n) is 6.92. The highest BCUT2D eigenvalue weighted by Gasteiger charge is 2.25. The molecule has 1 aliphatic rings. The minimum atomic E-state index is -0.143. The van der Waals surface area contributed by atoms with Crippen molar-refractivity contribution in [3.05, 3.63) is 46.4 Å². The van der Waals surface area contributed by atoms with Crippen LogP contribution in [0.5, 0.6) is 0 Å². The van der Waals surface area contributed by atoms with E-state index in [0.717, 1.165) is 32.2 Å². The van der Waals surface area contributed by atoms with Crippen LogP contribution in [-0.2, 0) is 0 Å². The van der Waals surface area contributed by atoms with Crippen molar-refractivity contribution in [3.8, 4) is 0 Å². The van der Waals surface area contributed by atoms with Crippen LogP contribution in [0.1, 0.15) is 11.7 Å². The van der Waals surface area contributed by atoms with Crippen molar-refractivity contribution in [1.29, 1.82) is 0 Å². The lowest BCUT2D eigenvalue weighted by atomic mass is 10.3. The summed E-state index contributed by atoms with van der Waals surface area (Å²) in [6.45, 7) is 1.98. The molecule has 0 radical (unpaired) electrons. The molecular weight excluding hydrogens is 334 g/mol. The van der Waals surface area contributed by atoms with Gasteiger partial charge < -0.3 is 4.57 Å². The third-order valence-electron chi connectivity index (χ3n) is 3.57. The van der Waals surface area contributed by atoms with Crippen LogP contribution in [0.2, 0.25) is 0 Å². The molecule has 3 aromatic rings. The number of para-hydroxylation sites is 1. The first-order valence-corrected chi connectivity index (χ1v) is 9.71. The highest BCUT2D eigenvalue weighted by atomic mass is 32.2. The summed E-state index contributed by atoms with van der Waals surface area (Å²) in [5.41, 5.74) is 1.92. The van der Waals surface area contributed by atoms with Gasteiger partial charge in [0.15, 0.2) is 9.50 Å². The van der Waals surface area contributed by atoms with Crippen molar-refractivity contribution in [2.24, 2.45) is 0 Å². The van der Waals surface area contributed by atoms with Crippen molar-refractivity contribution in [2.75, 3.05) is 11.5 Å². The maximum atomic E-state index is 11.5. The SMILES string of the molecule is Cc1cc(=O)nc2n1C(CSc1nc3ccccc3s1)CS2. The lowest BCUT2D eigenvalue weighted by molar-refractivity contribution is 0.549. The fraction of sp³-hybridized carbons (Fsp3) is 0.267. The zero-order valence-corrected chi connectivity index (χ0v) is 14.3. The molecule has 0 spiro atoms. The molecule has 4 rings (SSSR count). The van der Waals surface area contributed by atoms with Gasteiger partial charge in [-0.05, 0) is 19.1 Å². The van der Waals surface area contributed by atoms with Gasteiger partial charge in [0.05, 0.1) is 16.3 Å². The number of thiazole rings is 1. The van der Waals surface area contributed by atoms with E-state index < -0.39 is 0 Å². The quantitative estimate of drug-likeness (QED) is 0.535. The number of fused-ring (bicyclic) bond motifs is 2. The number of aryl methyl sites for hydroxylation is 1. The van der Waals surface area contributed by atoms with E-state index in [1.165, 1.54) is 4.70 Å². The van der Waals surface area contributed by atoms with Crippen LogP contribution in [0.25, 0.3) is 10.2 Å². The smallest absolute Gasteiger partial charge is 0.273 e. The Balaban J connectivity index is 1.55. The molecule has 3 heterocycles. The highest BCUT2D eigenvalue weighted by Crippen LogP contribution is 2.37. The molecule has 112 valence electrons. The van der Waals surface area contributed by atoms with Gasteiger partial charge in [0, 0.05) is 23.3 Å². The summed E-state index contributed by atoms with van der Waals surface area (Å²) in [7, 11) is 0. The molecule has 0 saturated heterocycles. The van der Waals surface area contributed by atoms with Gasteiger partial charge in [0.2, 0.25) is 0 Å². The fourth-order valence-electron chi connectivity index (χ4n) is 2.57. The van der Waals surface area contributed by atoms with Crippen molar-refractivity contribution in [1.82, 2.24) is 14.5 Å². The molecule has 1 unspecified atom stereocenters. The van der Waals surface area contributed by atoms with Gasteiger partial charge in [-0.1, -0.05) is 35.7 Å². The maximum Gasteiger partial charge on any atom is 0.273 e. The van der Waals surface area contributed by atoms with E-state index in [1.807, 2.05) is 19.1 Å². The first-order chi connectivity index (χ1) is 10.7. The summed E-state index contributed by atoms with van der Waals surface area (Å²) >= 11 is 5.19. The number of benzene rings is 1. The number of hydrogen-bond donors (Lipinski definition) is 0. The van der Waals surface area contributed by atoms with Gasteiger partial charge in [-0.3, -0.25) is 4.79 Å². The Morgan fingerprint density at radius 3 is 3.09 bits per heavy atom. The molecule has 1 atom stereocenters. The Morgan fingerprint density at radius 1 is 1.36 bits per heavy atom. The minimum Gasteiger partial charge on any atom is -0.320 e. The third-order valence-corrected chi connectivity index (χ3v) is 6.99. The van der Waals surface area contributed by atoms with Gasteiger partial charge in [0.25, 0.3) is 5.56 Å². The topological polar surface area (TPSA) is 47.8 Å². The van der Waals surface area contributed by atoms with E-state index in [0.29, 0.717) is 6.04 Å². The van der Waals surface area contributed by atoms with Crippen LogP contribution >= 0.6 is 34.9 Å². The summed E-state index contributed by atoms with van der Waals surface area (Å²) < 4.78 is 4.52. The summed E-state index contributed by atoms with van der Waals surface area (Å²) in [4.78, 5) is 20.3. The van der Waals surface area contributed by atoms with Gasteiger partial charge in [-0.25, -0.2) is 4.98 Å². The van der Waals surface area contributed by atoms with E-state index in [2.05, 4.69) is 26.7 Å². The van der Waals surface area contributed by atoms with Crippen LogP contribution < -0.4 is 5.56 Å². The van der Waals surface area contributed by atoms with E-state index in [-0.39, 0.29) is 5.56 Å². The molecule has 0 amide bonds. The van der Waals surface area contributed by atoms with E-state index in [9.17, 15) is 4.79 Å². The van der Waals surface area contributed by atoms with Crippen LogP contribution in [-0.4, -0.2) is 26.0 Å². The molecule has 0 aliphatic carbocycles. The van der Waals surface area contributed by atoms with Gasteiger partial charge >= 0.3 is 0 Å². The molecular formula is C15H13N3OS3. The second kappa shape index (κ2) is 5.72. The molecule has 1 aliphatic heterocycles. The molecule has 7 heteroatoms. The number of thioether (sulfide) groups is 2. The Morgan fingerprint density at radius 2 is 2.23 bits per heavy atom. The average Bonchev–Trinajstić information content (AvgIpc) is 3.08. The Kier molecular flexibility index (Phi) is 3.71. The third kappa shape index (κ3) is 2.57. The van der Waals surface area contributed by atoms with E-state index >= 15 is 0 Å². The first kappa shape index (κ1) is 14.3. The predicted octanol–water partition coefficient (Wildman–Crippen LogP) is 3.60. The van der Waals surface area contributed by atoms with Crippen molar-refractivity contribution in [2.45, 2.75) is 22.5 Å².